The van der Waals surface area contributed by atoms with Crippen LogP contribution in [0.15, 0.2) is 0 Å². The highest BCUT2D eigenvalue weighted by Gasteiger charge is 2.61. The van der Waals surface area contributed by atoms with Crippen LogP contribution in [-0.2, 0) is 19.1 Å². The summed E-state index contributed by atoms with van der Waals surface area (Å²) in [7, 11) is 0. The maximum atomic E-state index is 13.2. The minimum Gasteiger partial charge on any atom is -0.480 e. The molecule has 1 N–H and O–H groups in total. The predicted molar refractivity (Wildman–Crippen MR) is 93.9 cm³/mol. The maximum absolute atomic E-state index is 13.2. The van der Waals surface area contributed by atoms with Crippen LogP contribution < -0.4 is 0 Å². The van der Waals surface area contributed by atoms with E-state index >= 15 is 0 Å². The first-order valence-corrected chi connectivity index (χ1v) is 9.37. The van der Waals surface area contributed by atoms with Crippen molar-refractivity contribution in [2.24, 2.45) is 0 Å². The number of carboxylic acid groups (broad SMARTS) is 1. The van der Waals surface area contributed by atoms with E-state index in [9.17, 15) is 19.2 Å². The highest BCUT2D eigenvalue weighted by atomic mass is 16.6. The topological polar surface area (TPSA) is 107 Å². The quantitative estimate of drug-likeness (QED) is 0.720. The van der Waals surface area contributed by atoms with Crippen molar-refractivity contribution in [3.05, 3.63) is 0 Å². The van der Waals surface area contributed by atoms with Crippen molar-refractivity contribution in [3.8, 4) is 0 Å². The third-order valence-electron chi connectivity index (χ3n) is 5.38. The Labute approximate surface area is 158 Å². The number of carboxylic acids is 1. The Kier molecular flexibility index (Phi) is 4.81. The summed E-state index contributed by atoms with van der Waals surface area (Å²) in [5.74, 6) is -1.61. The summed E-state index contributed by atoms with van der Waals surface area (Å²) in [6, 6.07) is -0.629. The van der Waals surface area contributed by atoms with Crippen LogP contribution in [0, 0.1) is 0 Å². The van der Waals surface area contributed by atoms with E-state index in [0.717, 1.165) is 0 Å². The number of amides is 3. The molecular weight excluding hydrogens is 354 g/mol. The predicted octanol–water partition coefficient (Wildman–Crippen LogP) is 0.674. The molecule has 0 aliphatic carbocycles. The van der Waals surface area contributed by atoms with Crippen LogP contribution in [0.5, 0.6) is 0 Å². The van der Waals surface area contributed by atoms with Crippen LogP contribution in [0.4, 0.5) is 4.79 Å². The van der Waals surface area contributed by atoms with Crippen molar-refractivity contribution in [2.75, 3.05) is 26.2 Å². The molecule has 0 radical (unpaired) electrons. The zero-order chi connectivity index (χ0) is 20.0. The van der Waals surface area contributed by atoms with Crippen molar-refractivity contribution in [2.45, 2.75) is 63.6 Å². The number of β-lactam (4-membered cyclic amide) rings is 1. The van der Waals surface area contributed by atoms with Gasteiger partial charge in [0.1, 0.15) is 23.7 Å². The van der Waals surface area contributed by atoms with E-state index in [2.05, 4.69) is 0 Å². The lowest BCUT2D eigenvalue weighted by Crippen LogP contribution is -2.74. The van der Waals surface area contributed by atoms with Crippen LogP contribution in [0.3, 0.4) is 0 Å². The van der Waals surface area contributed by atoms with Gasteiger partial charge < -0.3 is 19.6 Å². The Morgan fingerprint density at radius 2 is 1.93 bits per heavy atom. The standard InChI is InChI=1S/C18H27N3O6/c1-17(2,3)27-16(26)20-8-4-6-12(20)14(24)21-9-5-7-18(21)11-19(15(18)25)10-13(22)23/h12H,4-11H2,1-3H3,(H,22,23)/t12-,18+/m0/s1. The lowest BCUT2D eigenvalue weighted by Gasteiger charge is -2.51. The molecule has 0 bridgehead atoms. The van der Waals surface area contributed by atoms with Crippen molar-refractivity contribution in [3.63, 3.8) is 0 Å². The van der Waals surface area contributed by atoms with Crippen molar-refractivity contribution in [1.29, 1.82) is 0 Å². The third kappa shape index (κ3) is 3.46. The Hall–Kier alpha value is -2.32. The molecule has 3 fully saturated rings. The molecule has 9 heteroatoms. The number of rotatable bonds is 3. The molecule has 2 atom stereocenters. The lowest BCUT2D eigenvalue weighted by molar-refractivity contribution is -0.171. The molecule has 0 aromatic carbocycles. The molecule has 1 spiro atoms. The van der Waals surface area contributed by atoms with Crippen LogP contribution in [-0.4, -0.2) is 87.0 Å². The number of likely N-dealkylation sites (tertiary alicyclic amines) is 3. The monoisotopic (exact) mass is 381 g/mol. The van der Waals surface area contributed by atoms with Crippen molar-refractivity contribution in [1.82, 2.24) is 14.7 Å². The second kappa shape index (κ2) is 6.69. The Morgan fingerprint density at radius 1 is 1.22 bits per heavy atom. The first kappa shape index (κ1) is 19.4. The van der Waals surface area contributed by atoms with E-state index < -0.39 is 29.2 Å². The summed E-state index contributed by atoms with van der Waals surface area (Å²) < 4.78 is 5.41. The number of aliphatic carboxylic acids is 1. The number of hydrogen-bond donors (Lipinski definition) is 1. The highest BCUT2D eigenvalue weighted by molar-refractivity contribution is 6.00. The lowest BCUT2D eigenvalue weighted by atomic mass is 9.85. The van der Waals surface area contributed by atoms with Gasteiger partial charge in [-0.25, -0.2) is 4.79 Å². The molecule has 150 valence electrons. The second-order valence-electron chi connectivity index (χ2n) is 8.51. The van der Waals surface area contributed by atoms with Gasteiger partial charge in [0, 0.05) is 13.1 Å². The summed E-state index contributed by atoms with van der Waals surface area (Å²) in [4.78, 5) is 53.4. The molecule has 3 heterocycles. The molecular formula is C18H27N3O6. The second-order valence-corrected chi connectivity index (χ2v) is 8.51. The van der Waals surface area contributed by atoms with Gasteiger partial charge >= 0.3 is 12.1 Å². The van der Waals surface area contributed by atoms with Gasteiger partial charge in [-0.05, 0) is 46.5 Å². The number of ether oxygens (including phenoxy) is 1. The van der Waals surface area contributed by atoms with E-state index in [1.165, 1.54) is 9.80 Å². The number of nitrogens with zero attached hydrogens (tertiary/aromatic N) is 3. The van der Waals surface area contributed by atoms with Gasteiger partial charge in [0.25, 0.3) is 5.91 Å². The van der Waals surface area contributed by atoms with E-state index in [0.29, 0.717) is 38.8 Å². The largest absolute Gasteiger partial charge is 0.480 e. The molecule has 3 aliphatic heterocycles. The molecule has 0 saturated carbocycles. The van der Waals surface area contributed by atoms with Crippen molar-refractivity contribution < 1.29 is 29.0 Å². The van der Waals surface area contributed by atoms with Gasteiger partial charge in [0.2, 0.25) is 5.91 Å². The summed E-state index contributed by atoms with van der Waals surface area (Å²) in [6.07, 6.45) is 1.96. The molecule has 3 amide bonds. The number of carbonyl (C=O) groups is 4. The fourth-order valence-corrected chi connectivity index (χ4v) is 4.28. The summed E-state index contributed by atoms with van der Waals surface area (Å²) in [6.45, 7) is 6.11. The normalized spacial score (nSPS) is 27.9. The average molecular weight is 381 g/mol. The van der Waals surface area contributed by atoms with Gasteiger partial charge in [-0.3, -0.25) is 19.3 Å². The van der Waals surface area contributed by atoms with Crippen LogP contribution in [0.2, 0.25) is 0 Å². The fraction of sp³-hybridized carbons (Fsp3) is 0.778. The molecule has 0 unspecified atom stereocenters. The van der Waals surface area contributed by atoms with E-state index in [1.54, 1.807) is 25.7 Å². The molecule has 0 aromatic heterocycles. The minimum absolute atomic E-state index is 0.237. The number of carbonyl (C=O) groups excluding carboxylic acids is 3. The van der Waals surface area contributed by atoms with E-state index in [4.69, 9.17) is 9.84 Å². The average Bonchev–Trinajstić information content (AvgIpc) is 3.20. The van der Waals surface area contributed by atoms with Gasteiger partial charge in [0.15, 0.2) is 0 Å². The minimum atomic E-state index is -1.07. The van der Waals surface area contributed by atoms with Crippen LogP contribution in [0.1, 0.15) is 46.5 Å². The van der Waals surface area contributed by atoms with Crippen molar-refractivity contribution >= 4 is 23.9 Å². The Balaban J connectivity index is 1.72. The first-order chi connectivity index (χ1) is 12.5. The Bertz CT molecular complexity index is 672. The fourth-order valence-electron chi connectivity index (χ4n) is 4.28. The summed E-state index contributed by atoms with van der Waals surface area (Å²) in [5, 5.41) is 8.90. The maximum Gasteiger partial charge on any atom is 0.410 e. The summed E-state index contributed by atoms with van der Waals surface area (Å²) in [5.41, 5.74) is -1.59. The zero-order valence-corrected chi connectivity index (χ0v) is 16.1. The molecule has 0 aromatic rings. The number of hydrogen-bond acceptors (Lipinski definition) is 5. The van der Waals surface area contributed by atoms with Gasteiger partial charge in [-0.15, -0.1) is 0 Å². The van der Waals surface area contributed by atoms with E-state index in [-0.39, 0.29) is 24.9 Å². The molecule has 3 rings (SSSR count). The highest BCUT2D eigenvalue weighted by Crippen LogP contribution is 2.40. The molecule has 9 nitrogen and oxygen atoms in total. The van der Waals surface area contributed by atoms with E-state index in [1.807, 2.05) is 0 Å². The Morgan fingerprint density at radius 3 is 2.52 bits per heavy atom. The van der Waals surface area contributed by atoms with Gasteiger partial charge in [0.05, 0.1) is 6.54 Å². The van der Waals surface area contributed by atoms with Crippen LogP contribution in [0.25, 0.3) is 0 Å². The van der Waals surface area contributed by atoms with Crippen LogP contribution >= 0.6 is 0 Å². The molecule has 27 heavy (non-hydrogen) atoms. The SMILES string of the molecule is CC(C)(C)OC(=O)N1CCC[C@H]1C(=O)N1CCC[C@]12CN(CC(=O)O)C2=O. The third-order valence-corrected chi connectivity index (χ3v) is 5.38. The molecule has 3 saturated heterocycles. The molecule has 3 aliphatic rings. The van der Waals surface area contributed by atoms with Gasteiger partial charge in [-0.1, -0.05) is 0 Å². The first-order valence-electron chi connectivity index (χ1n) is 9.37. The smallest absolute Gasteiger partial charge is 0.410 e. The zero-order valence-electron chi connectivity index (χ0n) is 16.1. The van der Waals surface area contributed by atoms with Gasteiger partial charge in [-0.2, -0.15) is 0 Å². The summed E-state index contributed by atoms with van der Waals surface area (Å²) >= 11 is 0.